The van der Waals surface area contributed by atoms with Gasteiger partial charge in [-0.25, -0.2) is 4.39 Å². The number of aryl methyl sites for hydroxylation is 1. The van der Waals surface area contributed by atoms with Crippen molar-refractivity contribution in [2.24, 2.45) is 0 Å². The summed E-state index contributed by atoms with van der Waals surface area (Å²) in [5.74, 6) is -2.28. The average Bonchev–Trinajstić information content (AvgIpc) is 3.38. The first kappa shape index (κ1) is 21.5. The highest BCUT2D eigenvalue weighted by Gasteiger charge is 2.45. The number of amides is 1. The Bertz CT molecular complexity index is 1490. The van der Waals surface area contributed by atoms with Gasteiger partial charge < -0.3 is 14.3 Å². The number of Topliss-reactive ketones (excluding diaryl/α,β-unsaturated/α-hetero) is 1. The second-order valence-electron chi connectivity index (χ2n) is 8.05. The molecule has 34 heavy (non-hydrogen) atoms. The van der Waals surface area contributed by atoms with Crippen molar-refractivity contribution in [3.63, 3.8) is 0 Å². The molecule has 2 heterocycles. The Morgan fingerprint density at radius 1 is 1.06 bits per heavy atom. The number of halogens is 1. The third-order valence-corrected chi connectivity index (χ3v) is 5.85. The van der Waals surface area contributed by atoms with Gasteiger partial charge in [0, 0.05) is 11.1 Å². The molecule has 1 unspecified atom stereocenters. The Morgan fingerprint density at radius 3 is 2.56 bits per heavy atom. The number of furan rings is 1. The summed E-state index contributed by atoms with van der Waals surface area (Å²) in [5.41, 5.74) is 1.95. The van der Waals surface area contributed by atoms with Crippen molar-refractivity contribution in [2.75, 3.05) is 12.0 Å². The van der Waals surface area contributed by atoms with E-state index < -0.39 is 29.3 Å². The highest BCUT2D eigenvalue weighted by Crippen LogP contribution is 2.43. The molecule has 1 aromatic heterocycles. The van der Waals surface area contributed by atoms with Gasteiger partial charge in [-0.15, -0.1) is 0 Å². The molecule has 0 radical (unpaired) electrons. The Hall–Kier alpha value is -4.39. The number of aliphatic hydroxyl groups excluding tert-OH is 1. The van der Waals surface area contributed by atoms with Gasteiger partial charge in [-0.3, -0.25) is 14.5 Å². The van der Waals surface area contributed by atoms with Crippen LogP contribution in [0.2, 0.25) is 0 Å². The zero-order valence-corrected chi connectivity index (χ0v) is 18.4. The van der Waals surface area contributed by atoms with E-state index in [4.69, 9.17) is 9.15 Å². The van der Waals surface area contributed by atoms with Crippen LogP contribution in [0.4, 0.5) is 10.1 Å². The third kappa shape index (κ3) is 3.42. The molecule has 0 spiro atoms. The van der Waals surface area contributed by atoms with Crippen molar-refractivity contribution >= 4 is 28.3 Å². The molecule has 1 N–H and O–H groups in total. The fraction of sp³-hybridized carbons (Fsp3) is 0.111. The summed E-state index contributed by atoms with van der Waals surface area (Å²) >= 11 is 0. The number of hydrogen-bond donors (Lipinski definition) is 1. The van der Waals surface area contributed by atoms with Crippen molar-refractivity contribution < 1.29 is 28.2 Å². The number of aliphatic hydroxyl groups is 1. The Balaban J connectivity index is 1.68. The molecule has 5 rings (SSSR count). The Labute approximate surface area is 194 Å². The second-order valence-corrected chi connectivity index (χ2v) is 8.05. The molecule has 3 aromatic carbocycles. The van der Waals surface area contributed by atoms with Gasteiger partial charge in [0.15, 0.2) is 22.9 Å². The predicted octanol–water partition coefficient (Wildman–Crippen LogP) is 5.67. The van der Waals surface area contributed by atoms with Crippen LogP contribution in [0, 0.1) is 12.7 Å². The Kier molecular flexibility index (Phi) is 5.17. The highest BCUT2D eigenvalue weighted by atomic mass is 19.1. The molecular formula is C27H20FNO5. The number of para-hydroxylation sites is 1. The maximum absolute atomic E-state index is 14.0. The van der Waals surface area contributed by atoms with Crippen molar-refractivity contribution in [1.82, 2.24) is 0 Å². The lowest BCUT2D eigenvalue weighted by Gasteiger charge is -2.27. The average molecular weight is 457 g/mol. The smallest absolute Gasteiger partial charge is 0.294 e. The lowest BCUT2D eigenvalue weighted by Crippen LogP contribution is -2.31. The molecular weight excluding hydrogens is 437 g/mol. The largest absolute Gasteiger partial charge is 0.503 e. The van der Waals surface area contributed by atoms with Crippen LogP contribution in [-0.2, 0) is 4.79 Å². The summed E-state index contributed by atoms with van der Waals surface area (Å²) in [4.78, 5) is 28.1. The van der Waals surface area contributed by atoms with Crippen LogP contribution in [0.1, 0.15) is 27.7 Å². The summed E-state index contributed by atoms with van der Waals surface area (Å²) < 4.78 is 25.2. The van der Waals surface area contributed by atoms with E-state index in [1.54, 1.807) is 42.5 Å². The number of ketones is 1. The van der Waals surface area contributed by atoms with Crippen molar-refractivity contribution in [2.45, 2.75) is 13.0 Å². The van der Waals surface area contributed by atoms with Crippen molar-refractivity contribution in [3.8, 4) is 5.75 Å². The minimum absolute atomic E-state index is 0.0485. The van der Waals surface area contributed by atoms with Gasteiger partial charge in [0.1, 0.15) is 5.82 Å². The number of hydrogen-bond acceptors (Lipinski definition) is 5. The van der Waals surface area contributed by atoms with Gasteiger partial charge in [-0.1, -0.05) is 48.0 Å². The fourth-order valence-corrected chi connectivity index (χ4v) is 4.33. The number of ether oxygens (including phenoxy) is 1. The first-order valence-electron chi connectivity index (χ1n) is 10.6. The molecule has 7 heteroatoms. The number of benzene rings is 3. The molecule has 0 fully saturated rings. The molecule has 4 aromatic rings. The topological polar surface area (TPSA) is 80.0 Å². The van der Waals surface area contributed by atoms with Crippen LogP contribution in [0.5, 0.6) is 5.75 Å². The fourth-order valence-electron chi connectivity index (χ4n) is 4.33. The van der Waals surface area contributed by atoms with E-state index in [0.717, 1.165) is 5.56 Å². The van der Waals surface area contributed by atoms with Crippen molar-refractivity contribution in [3.05, 3.63) is 107 Å². The minimum atomic E-state index is -0.975. The van der Waals surface area contributed by atoms with Gasteiger partial charge in [0.25, 0.3) is 5.91 Å². The number of anilines is 1. The van der Waals surface area contributed by atoms with E-state index in [-0.39, 0.29) is 17.0 Å². The second kappa shape index (κ2) is 8.19. The lowest BCUT2D eigenvalue weighted by molar-refractivity contribution is -0.117. The first-order chi connectivity index (χ1) is 16.4. The number of rotatable bonds is 5. The van der Waals surface area contributed by atoms with E-state index in [0.29, 0.717) is 22.3 Å². The standard InChI is InChI=1S/C27H20FNO5/c1-15-6-3-7-16(12-15)23-22(25(31)27(32)29(23)19-10-5-9-18(28)14-19)24(30)21-13-17-8-4-11-20(33-2)26(17)34-21/h3-14,23,31H,1-2H3. The van der Waals surface area contributed by atoms with Crippen LogP contribution >= 0.6 is 0 Å². The minimum Gasteiger partial charge on any atom is -0.503 e. The normalized spacial score (nSPS) is 15.9. The predicted molar refractivity (Wildman–Crippen MR) is 125 cm³/mol. The van der Waals surface area contributed by atoms with Gasteiger partial charge in [0.05, 0.1) is 18.7 Å². The SMILES string of the molecule is COc1cccc2cc(C(=O)C3=C(O)C(=O)N(c4cccc(F)c4)C3c3cccc(C)c3)oc12. The summed E-state index contributed by atoms with van der Waals surface area (Å²) in [6, 6.07) is 18.5. The number of nitrogens with zero attached hydrogens (tertiary/aromatic N) is 1. The number of methoxy groups -OCH3 is 1. The van der Waals surface area contributed by atoms with Crippen LogP contribution in [0.25, 0.3) is 11.0 Å². The zero-order valence-electron chi connectivity index (χ0n) is 18.4. The van der Waals surface area contributed by atoms with E-state index in [9.17, 15) is 19.1 Å². The van der Waals surface area contributed by atoms with Crippen molar-refractivity contribution in [1.29, 1.82) is 0 Å². The Morgan fingerprint density at radius 2 is 1.82 bits per heavy atom. The number of carbonyl (C=O) groups is 2. The summed E-state index contributed by atoms with van der Waals surface area (Å²) in [6.07, 6.45) is 0. The quantitative estimate of drug-likeness (QED) is 0.391. The van der Waals surface area contributed by atoms with E-state index in [2.05, 4.69) is 0 Å². The van der Waals surface area contributed by atoms with E-state index in [1.807, 2.05) is 19.1 Å². The van der Waals surface area contributed by atoms with Gasteiger partial charge >= 0.3 is 0 Å². The molecule has 0 aliphatic carbocycles. The van der Waals surface area contributed by atoms with Crippen LogP contribution in [-0.4, -0.2) is 23.9 Å². The highest BCUT2D eigenvalue weighted by molar-refractivity contribution is 6.20. The zero-order chi connectivity index (χ0) is 24.0. The summed E-state index contributed by atoms with van der Waals surface area (Å²) in [5, 5.41) is 11.5. The maximum atomic E-state index is 14.0. The van der Waals surface area contributed by atoms with E-state index in [1.165, 1.54) is 30.2 Å². The molecule has 0 bridgehead atoms. The molecule has 6 nitrogen and oxygen atoms in total. The van der Waals surface area contributed by atoms with Crippen LogP contribution < -0.4 is 9.64 Å². The molecule has 1 amide bonds. The maximum Gasteiger partial charge on any atom is 0.294 e. The molecule has 170 valence electrons. The van der Waals surface area contributed by atoms with Gasteiger partial charge in [-0.2, -0.15) is 0 Å². The molecule has 1 atom stereocenters. The lowest BCUT2D eigenvalue weighted by atomic mass is 9.94. The number of fused-ring (bicyclic) bond motifs is 1. The van der Waals surface area contributed by atoms with Crippen LogP contribution in [0.15, 0.2) is 88.5 Å². The summed E-state index contributed by atoms with van der Waals surface area (Å²) in [6.45, 7) is 1.88. The molecule has 1 aliphatic heterocycles. The molecule has 1 aliphatic rings. The summed E-state index contributed by atoms with van der Waals surface area (Å²) in [7, 11) is 1.49. The first-order valence-corrected chi connectivity index (χ1v) is 10.6. The third-order valence-electron chi connectivity index (χ3n) is 5.85. The monoisotopic (exact) mass is 457 g/mol. The molecule has 0 saturated carbocycles. The van der Waals surface area contributed by atoms with Crippen LogP contribution in [0.3, 0.4) is 0 Å². The van der Waals surface area contributed by atoms with E-state index >= 15 is 0 Å². The van der Waals surface area contributed by atoms with Gasteiger partial charge in [0.2, 0.25) is 5.78 Å². The van der Waals surface area contributed by atoms with Gasteiger partial charge in [-0.05, 0) is 42.8 Å². The number of carbonyl (C=O) groups excluding carboxylic acids is 2. The molecule has 0 saturated heterocycles.